The lowest BCUT2D eigenvalue weighted by molar-refractivity contribution is 0.103. The van der Waals surface area contributed by atoms with Gasteiger partial charge in [-0.1, -0.05) is 66.7 Å². The molecule has 0 atom stereocenters. The average Bonchev–Trinajstić information content (AvgIpc) is 3.10. The van der Waals surface area contributed by atoms with Crippen molar-refractivity contribution in [1.82, 2.24) is 3.97 Å². The van der Waals surface area contributed by atoms with Gasteiger partial charge in [0.25, 0.3) is 10.0 Å². The van der Waals surface area contributed by atoms with Crippen molar-refractivity contribution < 1.29 is 13.2 Å². The van der Waals surface area contributed by atoms with Crippen molar-refractivity contribution in [3.8, 4) is 0 Å². The van der Waals surface area contributed by atoms with E-state index in [0.29, 0.717) is 29.6 Å². The minimum atomic E-state index is -3.99. The first-order chi connectivity index (χ1) is 14.1. The molecule has 0 saturated carbocycles. The van der Waals surface area contributed by atoms with Crippen LogP contribution in [0.1, 0.15) is 21.6 Å². The summed E-state index contributed by atoms with van der Waals surface area (Å²) in [6.07, 6.45) is 0.395. The highest BCUT2D eigenvalue weighted by Crippen LogP contribution is 2.32. The highest BCUT2D eigenvalue weighted by Gasteiger charge is 2.30. The largest absolute Gasteiger partial charge is 0.330 e. The van der Waals surface area contributed by atoms with Crippen LogP contribution in [0.2, 0.25) is 0 Å². The van der Waals surface area contributed by atoms with Gasteiger partial charge in [0.05, 0.1) is 10.4 Å². The minimum absolute atomic E-state index is 0.127. The highest BCUT2D eigenvalue weighted by molar-refractivity contribution is 7.90. The molecule has 0 aliphatic heterocycles. The maximum atomic E-state index is 13.6. The molecule has 0 radical (unpaired) electrons. The van der Waals surface area contributed by atoms with Gasteiger partial charge < -0.3 is 5.73 Å². The molecule has 0 aliphatic carbocycles. The fourth-order valence-electron chi connectivity index (χ4n) is 3.58. The van der Waals surface area contributed by atoms with Crippen molar-refractivity contribution >= 4 is 26.7 Å². The third-order valence-electron chi connectivity index (χ3n) is 4.86. The van der Waals surface area contributed by atoms with E-state index in [2.05, 4.69) is 0 Å². The molecule has 2 N–H and O–H groups in total. The summed E-state index contributed by atoms with van der Waals surface area (Å²) >= 11 is 0. The maximum absolute atomic E-state index is 13.6. The third-order valence-corrected chi connectivity index (χ3v) is 6.59. The lowest BCUT2D eigenvalue weighted by Crippen LogP contribution is -2.20. The Morgan fingerprint density at radius 2 is 1.41 bits per heavy atom. The number of nitrogens with two attached hydrogens (primary N) is 1. The molecule has 0 aliphatic rings. The summed E-state index contributed by atoms with van der Waals surface area (Å²) in [7, 11) is -3.99. The number of fused-ring (bicyclic) bond motifs is 1. The van der Waals surface area contributed by atoms with Crippen LogP contribution in [-0.2, 0) is 16.4 Å². The van der Waals surface area contributed by atoms with Crippen molar-refractivity contribution in [2.45, 2.75) is 11.3 Å². The van der Waals surface area contributed by atoms with Crippen LogP contribution in [0.25, 0.3) is 10.9 Å². The van der Waals surface area contributed by atoms with Crippen LogP contribution >= 0.6 is 0 Å². The van der Waals surface area contributed by atoms with E-state index in [1.165, 1.54) is 16.1 Å². The van der Waals surface area contributed by atoms with Crippen LogP contribution < -0.4 is 5.73 Å². The third kappa shape index (κ3) is 3.26. The van der Waals surface area contributed by atoms with E-state index in [1.54, 1.807) is 54.6 Å². The first-order valence-corrected chi connectivity index (χ1v) is 10.7. The standard InChI is InChI=1S/C23H20N2O3S/c24-16-15-20-19-13-7-8-14-21(19)25(29(27,28)18-11-5-2-6-12-18)22(20)23(26)17-9-3-1-4-10-17/h1-14H,15-16,24H2. The number of aromatic nitrogens is 1. The van der Waals surface area contributed by atoms with Crippen LogP contribution in [0.15, 0.2) is 89.8 Å². The molecule has 0 fully saturated rings. The zero-order valence-electron chi connectivity index (χ0n) is 15.7. The number of carbonyl (C=O) groups is 1. The fraction of sp³-hybridized carbons (Fsp3) is 0.0870. The summed E-state index contributed by atoms with van der Waals surface area (Å²) in [5.74, 6) is -0.343. The van der Waals surface area contributed by atoms with Gasteiger partial charge in [-0.3, -0.25) is 4.79 Å². The van der Waals surface area contributed by atoms with Crippen LogP contribution in [0.5, 0.6) is 0 Å². The van der Waals surface area contributed by atoms with Crippen LogP contribution in [0.3, 0.4) is 0 Å². The van der Waals surface area contributed by atoms with Crippen LogP contribution in [-0.4, -0.2) is 24.7 Å². The predicted octanol–water partition coefficient (Wildman–Crippen LogP) is 3.61. The van der Waals surface area contributed by atoms with E-state index in [4.69, 9.17) is 5.73 Å². The van der Waals surface area contributed by atoms with Gasteiger partial charge in [0.2, 0.25) is 5.78 Å². The summed E-state index contributed by atoms with van der Waals surface area (Å²) in [5.41, 5.74) is 7.51. The number of benzene rings is 3. The smallest absolute Gasteiger partial charge is 0.268 e. The molecule has 4 rings (SSSR count). The van der Waals surface area contributed by atoms with Gasteiger partial charge in [0, 0.05) is 10.9 Å². The molecule has 0 unspecified atom stereocenters. The highest BCUT2D eigenvalue weighted by atomic mass is 32.2. The van der Waals surface area contributed by atoms with E-state index in [0.717, 1.165) is 5.39 Å². The van der Waals surface area contributed by atoms with Gasteiger partial charge in [-0.15, -0.1) is 0 Å². The zero-order chi connectivity index (χ0) is 20.4. The Labute approximate surface area is 169 Å². The Hall–Kier alpha value is -3.22. The summed E-state index contributed by atoms with van der Waals surface area (Å²) in [4.78, 5) is 13.6. The van der Waals surface area contributed by atoms with Crippen molar-refractivity contribution in [2.75, 3.05) is 6.54 Å². The van der Waals surface area contributed by atoms with Crippen molar-refractivity contribution in [3.63, 3.8) is 0 Å². The second-order valence-corrected chi connectivity index (χ2v) is 8.45. The second-order valence-electron chi connectivity index (χ2n) is 6.66. The second kappa shape index (κ2) is 7.66. The Kier molecular flexibility index (Phi) is 5.05. The molecule has 1 aromatic heterocycles. The molecule has 6 heteroatoms. The Balaban J connectivity index is 2.10. The van der Waals surface area contributed by atoms with Gasteiger partial charge in [0.1, 0.15) is 5.69 Å². The molecule has 146 valence electrons. The molecular weight excluding hydrogens is 384 g/mol. The number of carbonyl (C=O) groups excluding carboxylic acids is 1. The van der Waals surface area contributed by atoms with Gasteiger partial charge in [-0.25, -0.2) is 12.4 Å². The number of hydrogen-bond donors (Lipinski definition) is 1. The van der Waals surface area contributed by atoms with Gasteiger partial charge >= 0.3 is 0 Å². The average molecular weight is 404 g/mol. The molecule has 3 aromatic carbocycles. The number of rotatable bonds is 6. The normalized spacial score (nSPS) is 11.6. The summed E-state index contributed by atoms with van der Waals surface area (Å²) < 4.78 is 28.4. The predicted molar refractivity (Wildman–Crippen MR) is 114 cm³/mol. The molecule has 0 amide bonds. The molecule has 4 aromatic rings. The topological polar surface area (TPSA) is 82.2 Å². The monoisotopic (exact) mass is 404 g/mol. The van der Waals surface area contributed by atoms with Gasteiger partial charge in [-0.2, -0.15) is 0 Å². The summed E-state index contributed by atoms with van der Waals surface area (Å²) in [6, 6.07) is 24.0. The zero-order valence-corrected chi connectivity index (χ0v) is 16.5. The molecule has 0 spiro atoms. The number of para-hydroxylation sites is 1. The molecule has 1 heterocycles. The van der Waals surface area contributed by atoms with Gasteiger partial charge in [0.15, 0.2) is 0 Å². The minimum Gasteiger partial charge on any atom is -0.330 e. The Bertz CT molecular complexity index is 1280. The lowest BCUT2D eigenvalue weighted by atomic mass is 10.0. The molecule has 29 heavy (non-hydrogen) atoms. The Morgan fingerprint density at radius 3 is 2.07 bits per heavy atom. The van der Waals surface area contributed by atoms with Crippen molar-refractivity contribution in [1.29, 1.82) is 0 Å². The molecular formula is C23H20N2O3S. The first kappa shape index (κ1) is 19.1. The van der Waals surface area contributed by atoms with Crippen LogP contribution in [0.4, 0.5) is 0 Å². The van der Waals surface area contributed by atoms with E-state index in [1.807, 2.05) is 18.2 Å². The molecule has 0 saturated heterocycles. The fourth-order valence-corrected chi connectivity index (χ4v) is 5.14. The van der Waals surface area contributed by atoms with Gasteiger partial charge in [-0.05, 0) is 36.7 Å². The summed E-state index contributed by atoms with van der Waals surface area (Å²) in [6.45, 7) is 0.300. The quantitative estimate of drug-likeness (QED) is 0.498. The van der Waals surface area contributed by atoms with E-state index < -0.39 is 10.0 Å². The van der Waals surface area contributed by atoms with E-state index in [9.17, 15) is 13.2 Å². The maximum Gasteiger partial charge on any atom is 0.268 e. The van der Waals surface area contributed by atoms with Crippen molar-refractivity contribution in [2.24, 2.45) is 5.73 Å². The Morgan fingerprint density at radius 1 is 0.828 bits per heavy atom. The number of ketones is 1. The summed E-state index contributed by atoms with van der Waals surface area (Å²) in [5, 5.41) is 0.719. The van der Waals surface area contributed by atoms with E-state index in [-0.39, 0.29) is 16.4 Å². The number of nitrogens with zero attached hydrogens (tertiary/aromatic N) is 1. The molecule has 0 bridgehead atoms. The first-order valence-electron chi connectivity index (χ1n) is 9.28. The van der Waals surface area contributed by atoms with Crippen molar-refractivity contribution in [3.05, 3.63) is 102 Å². The van der Waals surface area contributed by atoms with Crippen LogP contribution in [0, 0.1) is 0 Å². The lowest BCUT2D eigenvalue weighted by Gasteiger charge is -2.13. The van der Waals surface area contributed by atoms with E-state index >= 15 is 0 Å². The number of hydrogen-bond acceptors (Lipinski definition) is 4. The SMILES string of the molecule is NCCc1c(C(=O)c2ccccc2)n(S(=O)(=O)c2ccccc2)c2ccccc12. The molecule has 5 nitrogen and oxygen atoms in total.